The normalized spacial score (nSPS) is 26.3. The Hall–Kier alpha value is -1.42. The Morgan fingerprint density at radius 3 is 2.55 bits per heavy atom. The number of ether oxygens (including phenoxy) is 1. The number of hydrogen-bond acceptors (Lipinski definition) is 2. The van der Waals surface area contributed by atoms with Crippen LogP contribution in [-0.4, -0.2) is 11.7 Å². The van der Waals surface area contributed by atoms with Crippen molar-refractivity contribution in [2.75, 3.05) is 6.61 Å². The van der Waals surface area contributed by atoms with Gasteiger partial charge in [-0.2, -0.15) is 4.39 Å². The first-order chi connectivity index (χ1) is 9.51. The van der Waals surface area contributed by atoms with Crippen LogP contribution < -0.4 is 4.74 Å². The van der Waals surface area contributed by atoms with Crippen LogP contribution in [0.3, 0.4) is 0 Å². The summed E-state index contributed by atoms with van der Waals surface area (Å²) in [6.45, 7) is 5.70. The molecule has 1 saturated carbocycles. The summed E-state index contributed by atoms with van der Waals surface area (Å²) in [6.07, 6.45) is 4.14. The second-order valence-corrected chi connectivity index (χ2v) is 5.28. The van der Waals surface area contributed by atoms with Gasteiger partial charge in [0.25, 0.3) is 0 Å². The van der Waals surface area contributed by atoms with E-state index in [4.69, 9.17) is 4.74 Å². The molecule has 0 radical (unpaired) electrons. The molecule has 1 N–H and O–H groups in total. The molecule has 1 aliphatic rings. The zero-order valence-electron chi connectivity index (χ0n) is 11.7. The lowest BCUT2D eigenvalue weighted by atomic mass is 9.75. The molecular weight excluding hydrogens is 262 g/mol. The van der Waals surface area contributed by atoms with Crippen molar-refractivity contribution in [1.29, 1.82) is 0 Å². The SMILES string of the molecule is C=CC1CCC(O)(c2ccc(OCC)c(F)c2F)CC1. The first-order valence-corrected chi connectivity index (χ1v) is 6.98. The van der Waals surface area contributed by atoms with Crippen molar-refractivity contribution in [1.82, 2.24) is 0 Å². The van der Waals surface area contributed by atoms with Crippen molar-refractivity contribution in [3.8, 4) is 5.75 Å². The molecule has 20 heavy (non-hydrogen) atoms. The number of benzene rings is 1. The number of halogens is 2. The molecule has 0 unspecified atom stereocenters. The fraction of sp³-hybridized carbons (Fsp3) is 0.500. The van der Waals surface area contributed by atoms with Crippen molar-refractivity contribution in [3.05, 3.63) is 42.0 Å². The van der Waals surface area contributed by atoms with E-state index >= 15 is 0 Å². The van der Waals surface area contributed by atoms with Crippen LogP contribution in [0.25, 0.3) is 0 Å². The number of hydrogen-bond donors (Lipinski definition) is 1. The highest BCUT2D eigenvalue weighted by Gasteiger charge is 2.37. The molecule has 4 heteroatoms. The largest absolute Gasteiger partial charge is 0.491 e. The zero-order chi connectivity index (χ0) is 14.8. The van der Waals surface area contributed by atoms with Gasteiger partial charge in [-0.15, -0.1) is 6.58 Å². The predicted molar refractivity (Wildman–Crippen MR) is 73.6 cm³/mol. The molecule has 2 nitrogen and oxygen atoms in total. The Morgan fingerprint density at radius 1 is 1.35 bits per heavy atom. The minimum absolute atomic E-state index is 0.0287. The van der Waals surface area contributed by atoms with Gasteiger partial charge < -0.3 is 9.84 Å². The van der Waals surface area contributed by atoms with Crippen LogP contribution in [0.4, 0.5) is 8.78 Å². The van der Waals surface area contributed by atoms with E-state index in [1.54, 1.807) is 6.92 Å². The van der Waals surface area contributed by atoms with Gasteiger partial charge in [-0.05, 0) is 50.7 Å². The van der Waals surface area contributed by atoms with Crippen LogP contribution in [0, 0.1) is 17.6 Å². The smallest absolute Gasteiger partial charge is 0.200 e. The molecule has 2 rings (SSSR count). The maximum absolute atomic E-state index is 14.2. The van der Waals surface area contributed by atoms with Gasteiger partial charge in [0.15, 0.2) is 11.6 Å². The van der Waals surface area contributed by atoms with E-state index in [-0.39, 0.29) is 17.9 Å². The average molecular weight is 282 g/mol. The van der Waals surface area contributed by atoms with Gasteiger partial charge in [-0.3, -0.25) is 0 Å². The second-order valence-electron chi connectivity index (χ2n) is 5.28. The predicted octanol–water partition coefficient (Wildman–Crippen LogP) is 3.93. The summed E-state index contributed by atoms with van der Waals surface area (Å²) < 4.78 is 33.1. The summed E-state index contributed by atoms with van der Waals surface area (Å²) >= 11 is 0. The van der Waals surface area contributed by atoms with Gasteiger partial charge in [0.2, 0.25) is 5.82 Å². The Kier molecular flexibility index (Phi) is 4.43. The first kappa shape index (κ1) is 15.0. The Labute approximate surface area is 118 Å². The van der Waals surface area contributed by atoms with Crippen LogP contribution in [0.5, 0.6) is 5.75 Å². The lowest BCUT2D eigenvalue weighted by Crippen LogP contribution is -2.32. The van der Waals surface area contributed by atoms with E-state index in [9.17, 15) is 13.9 Å². The number of allylic oxidation sites excluding steroid dienone is 1. The molecule has 110 valence electrons. The molecule has 0 amide bonds. The molecule has 0 aromatic heterocycles. The van der Waals surface area contributed by atoms with Gasteiger partial charge in [0.05, 0.1) is 12.2 Å². The van der Waals surface area contributed by atoms with Crippen LogP contribution in [0.15, 0.2) is 24.8 Å². The van der Waals surface area contributed by atoms with Gasteiger partial charge >= 0.3 is 0 Å². The highest BCUT2D eigenvalue weighted by atomic mass is 19.2. The molecule has 1 aromatic carbocycles. The topological polar surface area (TPSA) is 29.5 Å². The monoisotopic (exact) mass is 282 g/mol. The second kappa shape index (κ2) is 5.92. The van der Waals surface area contributed by atoms with E-state index in [1.807, 2.05) is 6.08 Å². The summed E-state index contributed by atoms with van der Waals surface area (Å²) in [5, 5.41) is 10.6. The lowest BCUT2D eigenvalue weighted by Gasteiger charge is -2.35. The van der Waals surface area contributed by atoms with Gasteiger partial charge in [-0.25, -0.2) is 4.39 Å². The van der Waals surface area contributed by atoms with Gasteiger partial charge in [0.1, 0.15) is 0 Å². The maximum atomic E-state index is 14.2. The van der Waals surface area contributed by atoms with E-state index in [1.165, 1.54) is 12.1 Å². The molecule has 1 aliphatic carbocycles. The molecule has 0 heterocycles. The van der Waals surface area contributed by atoms with E-state index in [2.05, 4.69) is 6.58 Å². The van der Waals surface area contributed by atoms with E-state index in [0.29, 0.717) is 18.8 Å². The molecular formula is C16H20F2O2. The van der Waals surface area contributed by atoms with Crippen molar-refractivity contribution < 1.29 is 18.6 Å². The summed E-state index contributed by atoms with van der Waals surface area (Å²) in [5.41, 5.74) is -1.27. The third-order valence-corrected chi connectivity index (χ3v) is 4.04. The molecule has 0 saturated heterocycles. The van der Waals surface area contributed by atoms with Crippen LogP contribution in [0.2, 0.25) is 0 Å². The fourth-order valence-electron chi connectivity index (χ4n) is 2.78. The fourth-order valence-corrected chi connectivity index (χ4v) is 2.78. The quantitative estimate of drug-likeness (QED) is 0.848. The van der Waals surface area contributed by atoms with Crippen molar-refractivity contribution in [3.63, 3.8) is 0 Å². The third-order valence-electron chi connectivity index (χ3n) is 4.04. The molecule has 0 spiro atoms. The van der Waals surface area contributed by atoms with Crippen molar-refractivity contribution >= 4 is 0 Å². The Morgan fingerprint density at radius 2 is 2.00 bits per heavy atom. The number of aliphatic hydroxyl groups is 1. The van der Waals surface area contributed by atoms with Crippen LogP contribution in [0.1, 0.15) is 38.2 Å². The van der Waals surface area contributed by atoms with Gasteiger partial charge in [-0.1, -0.05) is 6.08 Å². The Balaban J connectivity index is 2.29. The van der Waals surface area contributed by atoms with E-state index in [0.717, 1.165) is 12.8 Å². The van der Waals surface area contributed by atoms with Gasteiger partial charge in [0, 0.05) is 5.56 Å². The molecule has 0 atom stereocenters. The summed E-state index contributed by atoms with van der Waals surface area (Å²) in [4.78, 5) is 0. The standard InChI is InChI=1S/C16H20F2O2/c1-3-11-7-9-16(19,10-8-11)12-5-6-13(20-4-2)15(18)14(12)17/h3,5-6,11,19H,1,4,7-10H2,2H3. The minimum Gasteiger partial charge on any atom is -0.491 e. The van der Waals surface area contributed by atoms with Crippen LogP contribution >= 0.6 is 0 Å². The van der Waals surface area contributed by atoms with Crippen molar-refractivity contribution in [2.24, 2.45) is 5.92 Å². The lowest BCUT2D eigenvalue weighted by molar-refractivity contribution is -0.0124. The van der Waals surface area contributed by atoms with Crippen LogP contribution in [-0.2, 0) is 5.60 Å². The number of rotatable bonds is 4. The molecule has 1 aromatic rings. The van der Waals surface area contributed by atoms with Crippen molar-refractivity contribution in [2.45, 2.75) is 38.2 Å². The average Bonchev–Trinajstić information content (AvgIpc) is 2.45. The third kappa shape index (κ3) is 2.70. The molecule has 0 bridgehead atoms. The Bertz CT molecular complexity index is 491. The van der Waals surface area contributed by atoms with E-state index < -0.39 is 17.2 Å². The summed E-state index contributed by atoms with van der Waals surface area (Å²) in [7, 11) is 0. The first-order valence-electron chi connectivity index (χ1n) is 6.98. The maximum Gasteiger partial charge on any atom is 0.200 e. The molecule has 0 aliphatic heterocycles. The summed E-state index contributed by atoms with van der Waals surface area (Å²) in [5.74, 6) is -1.80. The minimum atomic E-state index is -1.30. The zero-order valence-corrected chi connectivity index (χ0v) is 11.7. The summed E-state index contributed by atoms with van der Waals surface area (Å²) in [6, 6.07) is 2.81. The molecule has 1 fully saturated rings. The highest BCUT2D eigenvalue weighted by Crippen LogP contribution is 2.42. The highest BCUT2D eigenvalue weighted by molar-refractivity contribution is 5.34.